The third kappa shape index (κ3) is 4.99. The number of esters is 1. The van der Waals surface area contributed by atoms with Gasteiger partial charge < -0.3 is 19.7 Å². The zero-order valence-electron chi connectivity index (χ0n) is 16.2. The van der Waals surface area contributed by atoms with E-state index in [1.807, 2.05) is 24.3 Å². The third-order valence-corrected chi connectivity index (χ3v) is 4.84. The van der Waals surface area contributed by atoms with Crippen LogP contribution < -0.4 is 10.1 Å². The van der Waals surface area contributed by atoms with Gasteiger partial charge in [-0.3, -0.25) is 14.4 Å². The molecular weight excluding hydrogens is 348 g/mol. The van der Waals surface area contributed by atoms with Gasteiger partial charge in [-0.1, -0.05) is 31.5 Å². The number of hydrogen-bond acceptors (Lipinski definition) is 5. The first kappa shape index (κ1) is 20.7. The zero-order chi connectivity index (χ0) is 19.8. The lowest BCUT2D eigenvalue weighted by molar-refractivity contribution is -0.159. The number of likely N-dealkylation sites (tertiary alicyclic amines) is 1. The van der Waals surface area contributed by atoms with E-state index in [1.165, 1.54) is 7.05 Å². The van der Waals surface area contributed by atoms with Crippen molar-refractivity contribution in [2.24, 2.45) is 5.92 Å². The number of ether oxygens (including phenoxy) is 2. The molecule has 2 atom stereocenters. The molecule has 1 heterocycles. The van der Waals surface area contributed by atoms with Crippen molar-refractivity contribution in [1.29, 1.82) is 0 Å². The Hall–Kier alpha value is -2.57. The molecule has 2 rings (SSSR count). The summed E-state index contributed by atoms with van der Waals surface area (Å²) in [4.78, 5) is 38.6. The minimum atomic E-state index is -0.541. The fourth-order valence-corrected chi connectivity index (χ4v) is 3.40. The van der Waals surface area contributed by atoms with Gasteiger partial charge in [0.2, 0.25) is 5.91 Å². The number of unbranched alkanes of at least 4 members (excludes halogenated alkanes) is 1. The Labute approximate surface area is 160 Å². The van der Waals surface area contributed by atoms with Crippen molar-refractivity contribution >= 4 is 17.8 Å². The molecule has 0 radical (unpaired) electrons. The molecule has 1 N–H and O–H groups in total. The number of nitrogens with zero attached hydrogens (tertiary/aromatic N) is 1. The topological polar surface area (TPSA) is 84.9 Å². The molecule has 7 nitrogen and oxygen atoms in total. The number of nitrogens with one attached hydrogen (secondary N) is 1. The number of likely N-dealkylation sites (N-methyl/N-ethyl adjacent to an activating group) is 1. The minimum Gasteiger partial charge on any atom is -0.496 e. The normalized spacial score (nSPS) is 19.5. The summed E-state index contributed by atoms with van der Waals surface area (Å²) in [6.07, 6.45) is 2.46. The molecule has 1 fully saturated rings. The van der Waals surface area contributed by atoms with E-state index >= 15 is 0 Å². The Bertz CT molecular complexity index is 676. The van der Waals surface area contributed by atoms with E-state index < -0.39 is 17.9 Å². The highest BCUT2D eigenvalue weighted by molar-refractivity contribution is 5.84. The molecule has 1 aromatic carbocycles. The Morgan fingerprint density at radius 1 is 1.30 bits per heavy atom. The maximum atomic E-state index is 12.7. The number of piperidine rings is 1. The van der Waals surface area contributed by atoms with Crippen LogP contribution in [-0.4, -0.2) is 50.0 Å². The summed E-state index contributed by atoms with van der Waals surface area (Å²) in [6.45, 7) is 2.30. The van der Waals surface area contributed by atoms with Crippen molar-refractivity contribution < 1.29 is 23.9 Å². The number of rotatable bonds is 8. The van der Waals surface area contributed by atoms with E-state index in [4.69, 9.17) is 9.47 Å². The molecule has 0 saturated carbocycles. The van der Waals surface area contributed by atoms with Crippen LogP contribution in [0.25, 0.3) is 0 Å². The van der Waals surface area contributed by atoms with Crippen LogP contribution in [0.15, 0.2) is 24.3 Å². The average Bonchev–Trinajstić information content (AvgIpc) is 2.70. The Kier molecular flexibility index (Phi) is 7.64. The predicted octanol–water partition coefficient (Wildman–Crippen LogP) is 2.06. The highest BCUT2D eigenvalue weighted by Crippen LogP contribution is 2.41. The molecule has 0 aromatic heterocycles. The van der Waals surface area contributed by atoms with Crippen LogP contribution >= 0.6 is 0 Å². The van der Waals surface area contributed by atoms with Gasteiger partial charge in [0, 0.05) is 25.6 Å². The first-order chi connectivity index (χ1) is 13.0. The number of carbonyl (C=O) groups excluding carboxylic acids is 3. The van der Waals surface area contributed by atoms with Gasteiger partial charge in [-0.05, 0) is 18.9 Å². The van der Waals surface area contributed by atoms with Crippen molar-refractivity contribution in [1.82, 2.24) is 10.2 Å². The molecule has 0 bridgehead atoms. The summed E-state index contributed by atoms with van der Waals surface area (Å²) in [7, 11) is 3.05. The summed E-state index contributed by atoms with van der Waals surface area (Å²) in [6, 6.07) is 6.94. The molecule has 2 unspecified atom stereocenters. The van der Waals surface area contributed by atoms with Crippen LogP contribution in [0.2, 0.25) is 0 Å². The van der Waals surface area contributed by atoms with Gasteiger partial charge in [-0.25, -0.2) is 0 Å². The molecular formula is C20H28N2O5. The summed E-state index contributed by atoms with van der Waals surface area (Å²) in [5.74, 6) is -0.728. The smallest absolute Gasteiger partial charge is 0.311 e. The largest absolute Gasteiger partial charge is 0.496 e. The number of methoxy groups -OCH3 is 1. The van der Waals surface area contributed by atoms with Crippen LogP contribution in [0.4, 0.5) is 0 Å². The van der Waals surface area contributed by atoms with Crippen LogP contribution in [0.5, 0.6) is 5.75 Å². The second-order valence-corrected chi connectivity index (χ2v) is 6.55. The second-order valence-electron chi connectivity index (χ2n) is 6.55. The number of para-hydroxylation sites is 1. The Balaban J connectivity index is 2.36. The Morgan fingerprint density at radius 3 is 2.70 bits per heavy atom. The van der Waals surface area contributed by atoms with Crippen molar-refractivity contribution in [3.63, 3.8) is 0 Å². The summed E-state index contributed by atoms with van der Waals surface area (Å²) in [5.41, 5.74) is 0.783. The van der Waals surface area contributed by atoms with Crippen molar-refractivity contribution in [3.8, 4) is 5.75 Å². The summed E-state index contributed by atoms with van der Waals surface area (Å²) in [5, 5.41) is 2.43. The van der Waals surface area contributed by atoms with Crippen LogP contribution in [0.1, 0.15) is 44.2 Å². The lowest BCUT2D eigenvalue weighted by atomic mass is 9.83. The molecule has 27 heavy (non-hydrogen) atoms. The number of hydrogen-bond donors (Lipinski definition) is 1. The minimum absolute atomic E-state index is 0.0229. The monoisotopic (exact) mass is 376 g/mol. The lowest BCUT2D eigenvalue weighted by Crippen LogP contribution is -2.46. The summed E-state index contributed by atoms with van der Waals surface area (Å²) >= 11 is 0. The van der Waals surface area contributed by atoms with Crippen molar-refractivity contribution in [2.45, 2.75) is 38.6 Å². The number of benzene rings is 1. The SMILES string of the molecule is CCCCN1C(=O)CCC(C(=O)OCC(=O)NC)C1c1ccccc1OC. The maximum absolute atomic E-state index is 12.7. The molecule has 7 heteroatoms. The van der Waals surface area contributed by atoms with Gasteiger partial charge in [0.25, 0.3) is 5.91 Å². The molecule has 1 aromatic rings. The highest BCUT2D eigenvalue weighted by Gasteiger charge is 2.42. The number of carbonyl (C=O) groups is 3. The predicted molar refractivity (Wildman–Crippen MR) is 100 cm³/mol. The van der Waals surface area contributed by atoms with Gasteiger partial charge >= 0.3 is 5.97 Å². The van der Waals surface area contributed by atoms with Gasteiger partial charge in [-0.2, -0.15) is 0 Å². The van der Waals surface area contributed by atoms with Gasteiger partial charge in [-0.15, -0.1) is 0 Å². The highest BCUT2D eigenvalue weighted by atomic mass is 16.5. The lowest BCUT2D eigenvalue weighted by Gasteiger charge is -2.40. The van der Waals surface area contributed by atoms with Gasteiger partial charge in [0.15, 0.2) is 6.61 Å². The van der Waals surface area contributed by atoms with E-state index in [9.17, 15) is 14.4 Å². The molecule has 148 valence electrons. The van der Waals surface area contributed by atoms with Crippen molar-refractivity contribution in [2.75, 3.05) is 27.3 Å². The van der Waals surface area contributed by atoms with Gasteiger partial charge in [0.1, 0.15) is 5.75 Å². The standard InChI is InChI=1S/C20H28N2O5/c1-4-5-12-22-18(24)11-10-15(20(25)27-13-17(23)21-2)19(22)14-8-6-7-9-16(14)26-3/h6-9,15,19H,4-5,10-13H2,1-3H3,(H,21,23). The summed E-state index contributed by atoms with van der Waals surface area (Å²) < 4.78 is 10.7. The van der Waals surface area contributed by atoms with Crippen LogP contribution in [-0.2, 0) is 19.1 Å². The fourth-order valence-electron chi connectivity index (χ4n) is 3.40. The fraction of sp³-hybridized carbons (Fsp3) is 0.550. The van der Waals surface area contributed by atoms with E-state index in [1.54, 1.807) is 12.0 Å². The van der Waals surface area contributed by atoms with E-state index in [0.717, 1.165) is 18.4 Å². The molecule has 0 spiro atoms. The van der Waals surface area contributed by atoms with Crippen LogP contribution in [0.3, 0.4) is 0 Å². The van der Waals surface area contributed by atoms with E-state index in [-0.39, 0.29) is 24.8 Å². The first-order valence-electron chi connectivity index (χ1n) is 9.33. The first-order valence-corrected chi connectivity index (χ1v) is 9.33. The third-order valence-electron chi connectivity index (χ3n) is 4.84. The Morgan fingerprint density at radius 2 is 2.04 bits per heavy atom. The quantitative estimate of drug-likeness (QED) is 0.702. The van der Waals surface area contributed by atoms with Gasteiger partial charge in [0.05, 0.1) is 19.1 Å². The second kappa shape index (κ2) is 9.94. The molecule has 1 aliphatic heterocycles. The molecule has 1 aliphatic rings. The molecule has 1 saturated heterocycles. The van der Waals surface area contributed by atoms with Crippen molar-refractivity contribution in [3.05, 3.63) is 29.8 Å². The molecule has 0 aliphatic carbocycles. The maximum Gasteiger partial charge on any atom is 0.311 e. The van der Waals surface area contributed by atoms with E-state index in [0.29, 0.717) is 18.7 Å². The van der Waals surface area contributed by atoms with Crippen LogP contribution in [0, 0.1) is 5.92 Å². The number of amides is 2. The average molecular weight is 376 g/mol. The van der Waals surface area contributed by atoms with E-state index in [2.05, 4.69) is 12.2 Å². The zero-order valence-corrected chi connectivity index (χ0v) is 16.2. The molecule has 2 amide bonds.